The predicted molar refractivity (Wildman–Crippen MR) is 80.5 cm³/mol. The first-order valence-electron chi connectivity index (χ1n) is 7.32. The minimum Gasteiger partial charge on any atom is -0.352 e. The van der Waals surface area contributed by atoms with Gasteiger partial charge in [-0.3, -0.25) is 19.3 Å². The number of benzene rings is 2. The van der Waals surface area contributed by atoms with Crippen LogP contribution in [0.15, 0.2) is 36.4 Å². The van der Waals surface area contributed by atoms with Gasteiger partial charge >= 0.3 is 0 Å². The van der Waals surface area contributed by atoms with E-state index in [4.69, 9.17) is 0 Å². The van der Waals surface area contributed by atoms with Crippen LogP contribution in [0.25, 0.3) is 10.8 Å². The first kappa shape index (κ1) is 13.0. The second-order valence-corrected chi connectivity index (χ2v) is 5.75. The van der Waals surface area contributed by atoms with Crippen molar-refractivity contribution < 1.29 is 14.4 Å². The molecule has 1 fully saturated rings. The smallest absolute Gasteiger partial charge is 0.261 e. The molecule has 0 spiro atoms. The summed E-state index contributed by atoms with van der Waals surface area (Å²) in [5, 5.41) is 4.35. The molecule has 3 amide bonds. The molecule has 5 nitrogen and oxygen atoms in total. The molecule has 0 atom stereocenters. The van der Waals surface area contributed by atoms with Crippen LogP contribution >= 0.6 is 0 Å². The van der Waals surface area contributed by atoms with Gasteiger partial charge in [-0.05, 0) is 30.4 Å². The lowest BCUT2D eigenvalue weighted by Crippen LogP contribution is -2.46. The summed E-state index contributed by atoms with van der Waals surface area (Å²) in [5.74, 6) is -1.09. The number of rotatable bonds is 3. The highest BCUT2D eigenvalue weighted by atomic mass is 16.2. The van der Waals surface area contributed by atoms with E-state index in [9.17, 15) is 14.4 Å². The average molecular weight is 294 g/mol. The molecule has 0 saturated heterocycles. The molecule has 1 saturated carbocycles. The van der Waals surface area contributed by atoms with Gasteiger partial charge in [0.25, 0.3) is 11.8 Å². The fraction of sp³-hybridized carbons (Fsp3) is 0.235. The van der Waals surface area contributed by atoms with E-state index in [2.05, 4.69) is 5.32 Å². The molecule has 0 radical (unpaired) electrons. The van der Waals surface area contributed by atoms with Crippen molar-refractivity contribution in [3.8, 4) is 0 Å². The number of nitrogens with one attached hydrogen (secondary N) is 1. The molecule has 0 unspecified atom stereocenters. The van der Waals surface area contributed by atoms with Gasteiger partial charge in [-0.15, -0.1) is 0 Å². The lowest BCUT2D eigenvalue weighted by Gasteiger charge is -2.26. The van der Waals surface area contributed by atoms with Crippen molar-refractivity contribution in [1.29, 1.82) is 0 Å². The predicted octanol–water partition coefficient (Wildman–Crippen LogP) is 1.71. The van der Waals surface area contributed by atoms with Crippen molar-refractivity contribution in [2.75, 3.05) is 6.54 Å². The maximum Gasteiger partial charge on any atom is 0.261 e. The number of carbonyl (C=O) groups excluding carboxylic acids is 3. The molecule has 2 aromatic rings. The molecule has 110 valence electrons. The van der Waals surface area contributed by atoms with Gasteiger partial charge in [-0.2, -0.15) is 0 Å². The summed E-state index contributed by atoms with van der Waals surface area (Å²) < 4.78 is 0. The minimum atomic E-state index is -0.403. The molecule has 1 heterocycles. The zero-order valence-corrected chi connectivity index (χ0v) is 11.8. The van der Waals surface area contributed by atoms with Crippen molar-refractivity contribution in [2.24, 2.45) is 0 Å². The van der Waals surface area contributed by atoms with Crippen molar-refractivity contribution in [1.82, 2.24) is 10.2 Å². The monoisotopic (exact) mass is 294 g/mol. The van der Waals surface area contributed by atoms with Crippen LogP contribution in [0.1, 0.15) is 33.6 Å². The summed E-state index contributed by atoms with van der Waals surface area (Å²) >= 11 is 0. The number of imide groups is 1. The Morgan fingerprint density at radius 3 is 2.18 bits per heavy atom. The van der Waals surface area contributed by atoms with E-state index >= 15 is 0 Å². The quantitative estimate of drug-likeness (QED) is 0.876. The zero-order chi connectivity index (χ0) is 15.3. The van der Waals surface area contributed by atoms with Crippen LogP contribution in [0.2, 0.25) is 0 Å². The van der Waals surface area contributed by atoms with Gasteiger partial charge in [0.15, 0.2) is 0 Å². The van der Waals surface area contributed by atoms with Gasteiger partial charge < -0.3 is 5.32 Å². The molecule has 1 aliphatic carbocycles. The summed E-state index contributed by atoms with van der Waals surface area (Å²) in [5.41, 5.74) is 0.957. The number of hydrogen-bond donors (Lipinski definition) is 1. The maximum atomic E-state index is 12.6. The summed E-state index contributed by atoms with van der Waals surface area (Å²) in [4.78, 5) is 38.1. The van der Waals surface area contributed by atoms with Gasteiger partial charge in [0, 0.05) is 22.6 Å². The largest absolute Gasteiger partial charge is 0.352 e. The van der Waals surface area contributed by atoms with Gasteiger partial charge in [-0.1, -0.05) is 24.3 Å². The summed E-state index contributed by atoms with van der Waals surface area (Å²) in [6.07, 6.45) is 1.94. The highest BCUT2D eigenvalue weighted by Crippen LogP contribution is 2.29. The van der Waals surface area contributed by atoms with Crippen molar-refractivity contribution >= 4 is 28.5 Å². The van der Waals surface area contributed by atoms with Crippen molar-refractivity contribution in [3.63, 3.8) is 0 Å². The van der Waals surface area contributed by atoms with Crippen LogP contribution in [-0.2, 0) is 4.79 Å². The Hall–Kier alpha value is -2.69. The Balaban J connectivity index is 1.73. The molecule has 4 rings (SSSR count). The lowest BCUT2D eigenvalue weighted by atomic mass is 9.94. The van der Waals surface area contributed by atoms with E-state index in [0.717, 1.165) is 23.1 Å². The Labute approximate surface area is 126 Å². The van der Waals surface area contributed by atoms with Gasteiger partial charge in [0.2, 0.25) is 5.91 Å². The van der Waals surface area contributed by atoms with Crippen LogP contribution in [0, 0.1) is 0 Å². The molecule has 0 bridgehead atoms. The van der Waals surface area contributed by atoms with Gasteiger partial charge in [-0.25, -0.2) is 0 Å². The Kier molecular flexibility index (Phi) is 2.76. The van der Waals surface area contributed by atoms with Crippen LogP contribution in [0.4, 0.5) is 0 Å². The Morgan fingerprint density at radius 1 is 1.05 bits per heavy atom. The van der Waals surface area contributed by atoms with Crippen LogP contribution < -0.4 is 5.32 Å². The maximum absolute atomic E-state index is 12.6. The first-order chi connectivity index (χ1) is 10.6. The molecule has 2 aromatic carbocycles. The topological polar surface area (TPSA) is 66.5 Å². The number of carbonyl (C=O) groups is 3. The molecule has 1 N–H and O–H groups in total. The fourth-order valence-electron chi connectivity index (χ4n) is 2.87. The van der Waals surface area contributed by atoms with Crippen LogP contribution in [0.3, 0.4) is 0 Å². The highest BCUT2D eigenvalue weighted by molar-refractivity contribution is 6.26. The van der Waals surface area contributed by atoms with E-state index in [1.165, 1.54) is 0 Å². The second kappa shape index (κ2) is 4.66. The zero-order valence-electron chi connectivity index (χ0n) is 11.8. The third kappa shape index (κ3) is 1.97. The molecule has 1 aliphatic heterocycles. The fourth-order valence-corrected chi connectivity index (χ4v) is 2.87. The van der Waals surface area contributed by atoms with Gasteiger partial charge in [0.1, 0.15) is 6.54 Å². The highest BCUT2D eigenvalue weighted by Gasteiger charge is 2.34. The van der Waals surface area contributed by atoms with E-state index < -0.39 is 11.8 Å². The molecule has 0 aromatic heterocycles. The van der Waals surface area contributed by atoms with Crippen molar-refractivity contribution in [3.05, 3.63) is 47.5 Å². The molecule has 5 heteroatoms. The van der Waals surface area contributed by atoms with E-state index in [1.807, 2.05) is 12.1 Å². The van der Waals surface area contributed by atoms with E-state index in [-0.39, 0.29) is 18.5 Å². The molecule has 2 aliphatic rings. The van der Waals surface area contributed by atoms with E-state index in [1.54, 1.807) is 24.3 Å². The summed E-state index contributed by atoms with van der Waals surface area (Å²) in [7, 11) is 0. The van der Waals surface area contributed by atoms with Crippen molar-refractivity contribution in [2.45, 2.75) is 18.9 Å². The Bertz CT molecular complexity index is 773. The normalized spacial score (nSPS) is 17.0. The SMILES string of the molecule is O=C(CN1C(=O)c2cccc3cccc(c23)C1=O)NC1CC1. The first-order valence-corrected chi connectivity index (χ1v) is 7.32. The minimum absolute atomic E-state index is 0.207. The van der Waals surface area contributed by atoms with Crippen LogP contribution in [0.5, 0.6) is 0 Å². The number of hydrogen-bond acceptors (Lipinski definition) is 3. The standard InChI is InChI=1S/C17H14N2O3/c20-14(18-11-7-8-11)9-19-16(21)12-5-1-3-10-4-2-6-13(15(10)12)17(19)22/h1-6,11H,7-9H2,(H,18,20). The second-order valence-electron chi connectivity index (χ2n) is 5.75. The molecular weight excluding hydrogens is 280 g/mol. The van der Waals surface area contributed by atoms with E-state index in [0.29, 0.717) is 16.5 Å². The average Bonchev–Trinajstić information content (AvgIpc) is 3.33. The van der Waals surface area contributed by atoms with Gasteiger partial charge in [0.05, 0.1) is 0 Å². The Morgan fingerprint density at radius 2 is 1.64 bits per heavy atom. The third-order valence-corrected chi connectivity index (χ3v) is 4.10. The van der Waals surface area contributed by atoms with Crippen LogP contribution in [-0.4, -0.2) is 35.2 Å². The summed E-state index contributed by atoms with van der Waals surface area (Å²) in [6.45, 7) is -0.223. The third-order valence-electron chi connectivity index (χ3n) is 4.10. The summed E-state index contributed by atoms with van der Waals surface area (Å²) in [6, 6.07) is 10.9. The number of nitrogens with zero attached hydrogens (tertiary/aromatic N) is 1. The number of amides is 3. The lowest BCUT2D eigenvalue weighted by molar-refractivity contribution is -0.121. The molecular formula is C17H14N2O3. The molecule has 22 heavy (non-hydrogen) atoms.